The van der Waals surface area contributed by atoms with Crippen molar-refractivity contribution in [3.63, 3.8) is 0 Å². The highest BCUT2D eigenvalue weighted by atomic mass is 16.5. The summed E-state index contributed by atoms with van der Waals surface area (Å²) in [4.78, 5) is 28.8. The van der Waals surface area contributed by atoms with Crippen LogP contribution in [0.15, 0.2) is 24.3 Å². The lowest BCUT2D eigenvalue weighted by molar-refractivity contribution is -0.133. The third kappa shape index (κ3) is 2.52. The molecule has 1 aliphatic carbocycles. The monoisotopic (exact) mass is 315 g/mol. The maximum atomic E-state index is 13.0. The average Bonchev–Trinajstić information content (AvgIpc) is 2.80. The van der Waals surface area contributed by atoms with E-state index in [9.17, 15) is 9.59 Å². The quantitative estimate of drug-likeness (QED) is 0.819. The first-order valence-electron chi connectivity index (χ1n) is 8.19. The molecule has 122 valence electrons. The Labute approximate surface area is 135 Å². The predicted molar refractivity (Wildman–Crippen MR) is 83.8 cm³/mol. The molecule has 2 fully saturated rings. The molecule has 23 heavy (non-hydrogen) atoms. The molecule has 0 aromatic heterocycles. The Morgan fingerprint density at radius 2 is 1.87 bits per heavy atom. The van der Waals surface area contributed by atoms with E-state index in [4.69, 9.17) is 4.74 Å². The lowest BCUT2D eigenvalue weighted by Crippen LogP contribution is -2.52. The third-order valence-corrected chi connectivity index (χ3v) is 5.12. The number of amides is 3. The molecule has 0 bridgehead atoms. The normalized spacial score (nSPS) is 28.1. The lowest BCUT2D eigenvalue weighted by atomic mass is 9.78. The molecule has 2 saturated heterocycles. The minimum atomic E-state index is -0.752. The molecule has 1 N–H and O–H groups in total. The van der Waals surface area contributed by atoms with Crippen molar-refractivity contribution in [3.8, 4) is 0 Å². The van der Waals surface area contributed by atoms with E-state index >= 15 is 0 Å². The maximum absolute atomic E-state index is 13.0. The minimum Gasteiger partial charge on any atom is -0.379 e. The van der Waals surface area contributed by atoms with Crippen LogP contribution >= 0.6 is 0 Å². The van der Waals surface area contributed by atoms with E-state index in [2.05, 4.69) is 22.3 Å². The summed E-state index contributed by atoms with van der Waals surface area (Å²) in [5.74, 6) is -0.0801. The molecule has 0 saturated carbocycles. The molecule has 6 nitrogen and oxygen atoms in total. The zero-order valence-electron chi connectivity index (χ0n) is 13.1. The van der Waals surface area contributed by atoms with Gasteiger partial charge in [-0.25, -0.2) is 9.69 Å². The van der Waals surface area contributed by atoms with Gasteiger partial charge in [0.25, 0.3) is 5.91 Å². The van der Waals surface area contributed by atoms with Gasteiger partial charge in [0.1, 0.15) is 5.54 Å². The van der Waals surface area contributed by atoms with Crippen molar-refractivity contribution >= 4 is 11.9 Å². The largest absolute Gasteiger partial charge is 0.379 e. The summed E-state index contributed by atoms with van der Waals surface area (Å²) in [5.41, 5.74) is 1.70. The Balaban J connectivity index is 1.53. The molecule has 1 atom stereocenters. The number of hydrogen-bond acceptors (Lipinski definition) is 4. The summed E-state index contributed by atoms with van der Waals surface area (Å²) in [6, 6.07) is 7.91. The summed E-state index contributed by atoms with van der Waals surface area (Å²) in [6.07, 6.45) is 2.09. The smallest absolute Gasteiger partial charge is 0.326 e. The Kier molecular flexibility index (Phi) is 3.58. The van der Waals surface area contributed by atoms with Crippen LogP contribution in [0, 0.1) is 0 Å². The van der Waals surface area contributed by atoms with Crippen molar-refractivity contribution in [1.82, 2.24) is 15.1 Å². The number of hydrogen-bond donors (Lipinski definition) is 1. The highest BCUT2D eigenvalue weighted by molar-refractivity contribution is 6.07. The number of fused-ring (bicyclic) bond motifs is 1. The van der Waals surface area contributed by atoms with Crippen LogP contribution in [0.4, 0.5) is 4.79 Å². The lowest BCUT2D eigenvalue weighted by Gasteiger charge is -2.33. The van der Waals surface area contributed by atoms with Crippen molar-refractivity contribution in [1.29, 1.82) is 0 Å². The van der Waals surface area contributed by atoms with E-state index in [1.54, 1.807) is 0 Å². The number of urea groups is 1. The number of ether oxygens (including phenoxy) is 1. The highest BCUT2D eigenvalue weighted by Crippen LogP contribution is 2.33. The second-order valence-electron chi connectivity index (χ2n) is 6.56. The summed E-state index contributed by atoms with van der Waals surface area (Å²) in [5, 5.41) is 2.98. The standard InChI is InChI=1S/C17H21N3O3/c21-15-17(6-5-13-3-1-2-4-14(13)11-17)18-16(22)20(15)12-19-7-9-23-10-8-19/h1-4H,5-12H2,(H,18,22). The fourth-order valence-electron chi connectivity index (χ4n) is 3.77. The molecule has 1 unspecified atom stereocenters. The third-order valence-electron chi connectivity index (χ3n) is 5.12. The average molecular weight is 315 g/mol. The van der Waals surface area contributed by atoms with Gasteiger partial charge < -0.3 is 10.1 Å². The minimum absolute atomic E-state index is 0.0801. The number of nitrogens with one attached hydrogen (secondary N) is 1. The van der Waals surface area contributed by atoms with Gasteiger partial charge in [0.15, 0.2) is 0 Å². The Morgan fingerprint density at radius 3 is 2.65 bits per heavy atom. The SMILES string of the molecule is O=C1NC2(CCc3ccccc3C2)C(=O)N1CN1CCOCC1. The molecule has 2 aliphatic heterocycles. The molecule has 4 rings (SSSR count). The van der Waals surface area contributed by atoms with Gasteiger partial charge in [0.2, 0.25) is 0 Å². The van der Waals surface area contributed by atoms with Gasteiger partial charge in [0.05, 0.1) is 19.9 Å². The van der Waals surface area contributed by atoms with Crippen LogP contribution < -0.4 is 5.32 Å². The van der Waals surface area contributed by atoms with Gasteiger partial charge in [-0.15, -0.1) is 0 Å². The topological polar surface area (TPSA) is 61.9 Å². The number of aryl methyl sites for hydroxylation is 1. The number of rotatable bonds is 2. The highest BCUT2D eigenvalue weighted by Gasteiger charge is 2.52. The number of imide groups is 1. The van der Waals surface area contributed by atoms with Crippen LogP contribution in [0.5, 0.6) is 0 Å². The van der Waals surface area contributed by atoms with E-state index in [-0.39, 0.29) is 11.9 Å². The summed E-state index contributed by atoms with van der Waals surface area (Å²) < 4.78 is 5.32. The van der Waals surface area contributed by atoms with Gasteiger partial charge in [-0.2, -0.15) is 0 Å². The van der Waals surface area contributed by atoms with Gasteiger partial charge in [-0.05, 0) is 24.0 Å². The molecular formula is C17H21N3O3. The van der Waals surface area contributed by atoms with Crippen LogP contribution in [-0.4, -0.2) is 60.2 Å². The number of carbonyl (C=O) groups is 2. The molecule has 2 heterocycles. The summed E-state index contributed by atoms with van der Waals surface area (Å²) in [6.45, 7) is 3.18. The second kappa shape index (κ2) is 5.62. The Hall–Kier alpha value is -1.92. The zero-order chi connectivity index (χ0) is 15.9. The van der Waals surface area contributed by atoms with Crippen LogP contribution in [0.2, 0.25) is 0 Å². The van der Waals surface area contributed by atoms with Crippen LogP contribution in [-0.2, 0) is 22.4 Å². The summed E-state index contributed by atoms with van der Waals surface area (Å²) in [7, 11) is 0. The van der Waals surface area contributed by atoms with Gasteiger partial charge >= 0.3 is 6.03 Å². The van der Waals surface area contributed by atoms with Gasteiger partial charge in [-0.1, -0.05) is 24.3 Å². The van der Waals surface area contributed by atoms with E-state index in [1.165, 1.54) is 16.0 Å². The Morgan fingerprint density at radius 1 is 1.13 bits per heavy atom. The van der Waals surface area contributed by atoms with Crippen molar-refractivity contribution in [2.24, 2.45) is 0 Å². The molecule has 1 aromatic rings. The van der Waals surface area contributed by atoms with Crippen molar-refractivity contribution in [2.45, 2.75) is 24.8 Å². The van der Waals surface area contributed by atoms with Crippen LogP contribution in [0.3, 0.4) is 0 Å². The van der Waals surface area contributed by atoms with E-state index < -0.39 is 5.54 Å². The molecule has 3 aliphatic rings. The predicted octanol–water partition coefficient (Wildman–Crippen LogP) is 0.756. The fourth-order valence-corrected chi connectivity index (χ4v) is 3.77. The number of benzene rings is 1. The molecular weight excluding hydrogens is 294 g/mol. The summed E-state index contributed by atoms with van der Waals surface area (Å²) >= 11 is 0. The molecule has 3 amide bonds. The molecule has 1 aromatic carbocycles. The number of carbonyl (C=O) groups excluding carboxylic acids is 2. The van der Waals surface area contributed by atoms with E-state index in [0.29, 0.717) is 32.7 Å². The Bertz CT molecular complexity index is 642. The van der Waals surface area contributed by atoms with Crippen molar-refractivity contribution in [2.75, 3.05) is 33.0 Å². The number of nitrogens with zero attached hydrogens (tertiary/aromatic N) is 2. The van der Waals surface area contributed by atoms with Gasteiger partial charge in [0, 0.05) is 19.5 Å². The first-order valence-corrected chi connectivity index (χ1v) is 8.19. The number of morpholine rings is 1. The molecule has 0 radical (unpaired) electrons. The van der Waals surface area contributed by atoms with Gasteiger partial charge in [-0.3, -0.25) is 9.69 Å². The first kappa shape index (κ1) is 14.7. The van der Waals surface area contributed by atoms with Crippen molar-refractivity contribution in [3.05, 3.63) is 35.4 Å². The fraction of sp³-hybridized carbons (Fsp3) is 0.529. The molecule has 1 spiro atoms. The first-order chi connectivity index (χ1) is 11.2. The van der Waals surface area contributed by atoms with Crippen molar-refractivity contribution < 1.29 is 14.3 Å². The van der Waals surface area contributed by atoms with Crippen LogP contribution in [0.1, 0.15) is 17.5 Å². The van der Waals surface area contributed by atoms with E-state index in [0.717, 1.165) is 19.5 Å². The zero-order valence-corrected chi connectivity index (χ0v) is 13.1. The maximum Gasteiger partial charge on any atom is 0.326 e. The second-order valence-corrected chi connectivity index (χ2v) is 6.56. The molecule has 6 heteroatoms. The van der Waals surface area contributed by atoms with Crippen LogP contribution in [0.25, 0.3) is 0 Å². The van der Waals surface area contributed by atoms with E-state index in [1.807, 2.05) is 12.1 Å².